The van der Waals surface area contributed by atoms with E-state index in [-0.39, 0.29) is 24.0 Å². The molecule has 2 atom stereocenters. The Bertz CT molecular complexity index is 863. The number of nitrogens with zero attached hydrogens (tertiary/aromatic N) is 2. The molecule has 166 valence electrons. The minimum Gasteiger partial charge on any atom is -0.372 e. The van der Waals surface area contributed by atoms with Gasteiger partial charge in [0.2, 0.25) is 5.91 Å². The zero-order valence-corrected chi connectivity index (χ0v) is 18.7. The SMILES string of the molecule is CC1CN(c2ccc(CNC(=O)CCCNC(=O)c3ccc(Cl)cc3)cn2)CC(C)O1. The molecule has 1 fully saturated rings. The quantitative estimate of drug-likeness (QED) is 0.611. The molecule has 0 spiro atoms. The minimum atomic E-state index is -0.174. The number of benzene rings is 1. The fourth-order valence-electron chi connectivity index (χ4n) is 3.52. The largest absolute Gasteiger partial charge is 0.372 e. The molecule has 1 aromatic carbocycles. The highest BCUT2D eigenvalue weighted by Crippen LogP contribution is 2.18. The first-order valence-electron chi connectivity index (χ1n) is 10.6. The van der Waals surface area contributed by atoms with E-state index in [1.54, 1.807) is 30.5 Å². The van der Waals surface area contributed by atoms with Crippen molar-refractivity contribution in [2.24, 2.45) is 0 Å². The summed E-state index contributed by atoms with van der Waals surface area (Å²) in [5.74, 6) is 0.696. The van der Waals surface area contributed by atoms with Crippen molar-refractivity contribution in [2.75, 3.05) is 24.5 Å². The number of ether oxygens (including phenoxy) is 1. The fourth-order valence-corrected chi connectivity index (χ4v) is 3.64. The van der Waals surface area contributed by atoms with Crippen molar-refractivity contribution in [2.45, 2.75) is 45.4 Å². The third-order valence-electron chi connectivity index (χ3n) is 5.01. The number of aromatic nitrogens is 1. The number of rotatable bonds is 8. The maximum atomic E-state index is 12.1. The van der Waals surface area contributed by atoms with Gasteiger partial charge in [-0.25, -0.2) is 4.98 Å². The molecule has 1 aliphatic heterocycles. The summed E-state index contributed by atoms with van der Waals surface area (Å²) in [5, 5.41) is 6.29. The van der Waals surface area contributed by atoms with Crippen molar-refractivity contribution in [1.82, 2.24) is 15.6 Å². The van der Waals surface area contributed by atoms with Crippen LogP contribution in [-0.4, -0.2) is 48.6 Å². The molecule has 2 unspecified atom stereocenters. The van der Waals surface area contributed by atoms with Crippen LogP contribution < -0.4 is 15.5 Å². The van der Waals surface area contributed by atoms with Gasteiger partial charge < -0.3 is 20.3 Å². The van der Waals surface area contributed by atoms with Gasteiger partial charge in [0, 0.05) is 49.4 Å². The Balaban J connectivity index is 1.35. The summed E-state index contributed by atoms with van der Waals surface area (Å²) < 4.78 is 5.76. The Labute approximate surface area is 188 Å². The molecule has 0 saturated carbocycles. The van der Waals surface area contributed by atoms with Gasteiger partial charge in [0.1, 0.15) is 5.82 Å². The van der Waals surface area contributed by atoms with Gasteiger partial charge in [-0.1, -0.05) is 17.7 Å². The fraction of sp³-hybridized carbons (Fsp3) is 0.435. The van der Waals surface area contributed by atoms with Crippen LogP contribution in [0.3, 0.4) is 0 Å². The molecule has 1 saturated heterocycles. The molecule has 3 rings (SSSR count). The van der Waals surface area contributed by atoms with Crippen LogP contribution in [0.2, 0.25) is 5.02 Å². The topological polar surface area (TPSA) is 83.6 Å². The Kier molecular flexibility index (Phi) is 8.26. The van der Waals surface area contributed by atoms with Crippen LogP contribution in [0.1, 0.15) is 42.6 Å². The van der Waals surface area contributed by atoms with E-state index < -0.39 is 0 Å². The number of hydrogen-bond donors (Lipinski definition) is 2. The molecular weight excluding hydrogens is 416 g/mol. The van der Waals surface area contributed by atoms with E-state index in [0.29, 0.717) is 36.5 Å². The number of hydrogen-bond acceptors (Lipinski definition) is 5. The predicted molar refractivity (Wildman–Crippen MR) is 121 cm³/mol. The molecule has 2 heterocycles. The lowest BCUT2D eigenvalue weighted by Gasteiger charge is -2.36. The molecule has 2 amide bonds. The standard InChI is InChI=1S/C23H29ClN4O3/c1-16-14-28(15-17(2)31-16)21-10-5-18(12-26-21)13-27-22(29)4-3-11-25-23(30)19-6-8-20(24)9-7-19/h5-10,12,16-17H,3-4,11,13-15H2,1-2H3,(H,25,30)(H,27,29). The zero-order valence-electron chi connectivity index (χ0n) is 17.9. The number of morpholine rings is 1. The normalized spacial score (nSPS) is 18.5. The van der Waals surface area contributed by atoms with Gasteiger partial charge in [-0.2, -0.15) is 0 Å². The smallest absolute Gasteiger partial charge is 0.251 e. The van der Waals surface area contributed by atoms with Gasteiger partial charge in [0.05, 0.1) is 12.2 Å². The van der Waals surface area contributed by atoms with E-state index >= 15 is 0 Å². The van der Waals surface area contributed by atoms with Crippen molar-refractivity contribution >= 4 is 29.2 Å². The first-order chi connectivity index (χ1) is 14.9. The summed E-state index contributed by atoms with van der Waals surface area (Å²) in [6, 6.07) is 10.7. The molecule has 0 bridgehead atoms. The second-order valence-electron chi connectivity index (χ2n) is 7.83. The maximum Gasteiger partial charge on any atom is 0.251 e. The number of nitrogens with one attached hydrogen (secondary N) is 2. The van der Waals surface area contributed by atoms with E-state index in [1.807, 2.05) is 12.1 Å². The Morgan fingerprint density at radius 1 is 1.10 bits per heavy atom. The molecule has 2 N–H and O–H groups in total. The van der Waals surface area contributed by atoms with E-state index in [4.69, 9.17) is 16.3 Å². The van der Waals surface area contributed by atoms with Crippen LogP contribution in [0, 0.1) is 0 Å². The number of amides is 2. The van der Waals surface area contributed by atoms with Gasteiger partial charge in [0.15, 0.2) is 0 Å². The Morgan fingerprint density at radius 2 is 1.81 bits per heavy atom. The van der Waals surface area contributed by atoms with Crippen molar-refractivity contribution < 1.29 is 14.3 Å². The minimum absolute atomic E-state index is 0.0550. The lowest BCUT2D eigenvalue weighted by atomic mass is 10.2. The van der Waals surface area contributed by atoms with Gasteiger partial charge in [-0.15, -0.1) is 0 Å². The van der Waals surface area contributed by atoms with Gasteiger partial charge >= 0.3 is 0 Å². The average Bonchev–Trinajstić information content (AvgIpc) is 2.75. The Morgan fingerprint density at radius 3 is 2.45 bits per heavy atom. The third-order valence-corrected chi connectivity index (χ3v) is 5.27. The first kappa shape index (κ1) is 23.0. The molecule has 7 nitrogen and oxygen atoms in total. The van der Waals surface area contributed by atoms with Crippen LogP contribution in [0.5, 0.6) is 0 Å². The van der Waals surface area contributed by atoms with E-state index in [9.17, 15) is 9.59 Å². The van der Waals surface area contributed by atoms with Crippen molar-refractivity contribution in [3.05, 3.63) is 58.7 Å². The summed E-state index contributed by atoms with van der Waals surface area (Å²) in [6.45, 7) is 6.63. The van der Waals surface area contributed by atoms with Gasteiger partial charge in [-0.3, -0.25) is 9.59 Å². The predicted octanol–water partition coefficient (Wildman–Crippen LogP) is 3.18. The third kappa shape index (κ3) is 7.22. The summed E-state index contributed by atoms with van der Waals surface area (Å²) in [5.41, 5.74) is 1.49. The van der Waals surface area contributed by atoms with E-state index in [0.717, 1.165) is 24.5 Å². The highest BCUT2D eigenvalue weighted by Gasteiger charge is 2.22. The van der Waals surface area contributed by atoms with E-state index in [1.165, 1.54) is 0 Å². The second-order valence-corrected chi connectivity index (χ2v) is 8.27. The Hall–Kier alpha value is -2.64. The van der Waals surface area contributed by atoms with Crippen molar-refractivity contribution in [3.8, 4) is 0 Å². The maximum absolute atomic E-state index is 12.1. The van der Waals surface area contributed by atoms with E-state index in [2.05, 4.69) is 34.4 Å². The lowest BCUT2D eigenvalue weighted by Crippen LogP contribution is -2.45. The number of anilines is 1. The molecule has 0 aliphatic carbocycles. The van der Waals surface area contributed by atoms with Crippen LogP contribution in [0.15, 0.2) is 42.6 Å². The zero-order chi connectivity index (χ0) is 22.2. The van der Waals surface area contributed by atoms with Gasteiger partial charge in [0.25, 0.3) is 5.91 Å². The van der Waals surface area contributed by atoms with Crippen LogP contribution >= 0.6 is 11.6 Å². The van der Waals surface area contributed by atoms with Gasteiger partial charge in [-0.05, 0) is 56.2 Å². The lowest BCUT2D eigenvalue weighted by molar-refractivity contribution is -0.121. The molecule has 8 heteroatoms. The first-order valence-corrected chi connectivity index (χ1v) is 10.9. The number of halogens is 1. The highest BCUT2D eigenvalue weighted by atomic mass is 35.5. The second kappa shape index (κ2) is 11.1. The summed E-state index contributed by atoms with van der Waals surface area (Å²) in [6.07, 6.45) is 3.07. The molecule has 0 radical (unpaired) electrons. The summed E-state index contributed by atoms with van der Waals surface area (Å²) in [4.78, 5) is 30.9. The monoisotopic (exact) mass is 444 g/mol. The summed E-state index contributed by atoms with van der Waals surface area (Å²) >= 11 is 5.82. The highest BCUT2D eigenvalue weighted by molar-refractivity contribution is 6.30. The van der Waals surface area contributed by atoms with Crippen LogP contribution in [0.25, 0.3) is 0 Å². The molecule has 1 aromatic heterocycles. The molecule has 1 aliphatic rings. The van der Waals surface area contributed by atoms with Crippen molar-refractivity contribution in [1.29, 1.82) is 0 Å². The molecule has 31 heavy (non-hydrogen) atoms. The van der Waals surface area contributed by atoms with Crippen LogP contribution in [0.4, 0.5) is 5.82 Å². The van der Waals surface area contributed by atoms with Crippen molar-refractivity contribution in [3.63, 3.8) is 0 Å². The molecule has 2 aromatic rings. The number of carbonyl (C=O) groups excluding carboxylic acids is 2. The average molecular weight is 445 g/mol. The number of pyridine rings is 1. The summed E-state index contributed by atoms with van der Waals surface area (Å²) in [7, 11) is 0. The van der Waals surface area contributed by atoms with Crippen LogP contribution in [-0.2, 0) is 16.1 Å². The number of carbonyl (C=O) groups is 2. The molecular formula is C23H29ClN4O3.